The predicted octanol–water partition coefficient (Wildman–Crippen LogP) is -0.498. The van der Waals surface area contributed by atoms with Crippen LogP contribution in [-0.2, 0) is 16.2 Å². The van der Waals surface area contributed by atoms with Crippen molar-refractivity contribution in [3.63, 3.8) is 0 Å². The second kappa shape index (κ2) is 3.45. The Morgan fingerprint density at radius 1 is 1.75 bits per heavy atom. The van der Waals surface area contributed by atoms with Crippen LogP contribution in [0.15, 0.2) is 0 Å². The summed E-state index contributed by atoms with van der Waals surface area (Å²) in [4.78, 5) is 10.9. The van der Waals surface area contributed by atoms with Crippen LogP contribution in [0.2, 0.25) is 0 Å². The Balaban J connectivity index is 1.90. The van der Waals surface area contributed by atoms with E-state index in [9.17, 15) is 9.35 Å². The lowest BCUT2D eigenvalue weighted by Gasteiger charge is -2.32. The normalized spacial score (nSPS) is 31.9. The van der Waals surface area contributed by atoms with Crippen molar-refractivity contribution in [3.8, 4) is 0 Å². The quantitative estimate of drug-likeness (QED) is 0.489. The van der Waals surface area contributed by atoms with E-state index < -0.39 is 11.4 Å². The van der Waals surface area contributed by atoms with Gasteiger partial charge in [0.25, 0.3) is 5.91 Å². The van der Waals surface area contributed by atoms with E-state index in [0.717, 1.165) is 12.3 Å². The lowest BCUT2D eigenvalue weighted by Crippen LogP contribution is -2.52. The fourth-order valence-electron chi connectivity index (χ4n) is 1.13. The van der Waals surface area contributed by atoms with Crippen molar-refractivity contribution in [2.75, 3.05) is 18.8 Å². The number of nitrogens with one attached hydrogen (secondary N) is 1. The van der Waals surface area contributed by atoms with Crippen molar-refractivity contribution >= 4 is 29.0 Å². The van der Waals surface area contributed by atoms with Crippen LogP contribution in [0.25, 0.3) is 0 Å². The number of hydrogen-bond acceptors (Lipinski definition) is 4. The zero-order valence-corrected chi connectivity index (χ0v) is 8.12. The third kappa shape index (κ3) is 1.44. The van der Waals surface area contributed by atoms with Crippen LogP contribution in [0.1, 0.15) is 6.42 Å². The van der Waals surface area contributed by atoms with E-state index in [1.54, 1.807) is 11.8 Å². The number of β-lactam (4-membered cyclic amide) rings is 1. The SMILES string of the molecule is O=C1CCN1[S+]([O-])C1NCCS1. The van der Waals surface area contributed by atoms with Crippen LogP contribution in [0.4, 0.5) is 0 Å². The molecule has 2 heterocycles. The summed E-state index contributed by atoms with van der Waals surface area (Å²) in [6, 6.07) is 0. The lowest BCUT2D eigenvalue weighted by molar-refractivity contribution is -0.133. The van der Waals surface area contributed by atoms with E-state index in [0.29, 0.717) is 13.0 Å². The third-order valence-corrected chi connectivity index (χ3v) is 5.05. The van der Waals surface area contributed by atoms with Crippen molar-refractivity contribution < 1.29 is 9.35 Å². The van der Waals surface area contributed by atoms with Gasteiger partial charge in [-0.15, -0.1) is 0 Å². The van der Waals surface area contributed by atoms with Crippen molar-refractivity contribution in [1.82, 2.24) is 9.62 Å². The number of carbonyl (C=O) groups is 1. The molecule has 6 heteroatoms. The van der Waals surface area contributed by atoms with Crippen molar-refractivity contribution in [1.29, 1.82) is 0 Å². The van der Waals surface area contributed by atoms with Crippen molar-refractivity contribution in [3.05, 3.63) is 0 Å². The molecular weight excluding hydrogens is 196 g/mol. The van der Waals surface area contributed by atoms with Gasteiger partial charge in [0, 0.05) is 12.3 Å². The number of thioether (sulfide) groups is 1. The molecule has 1 amide bonds. The highest BCUT2D eigenvalue weighted by molar-refractivity contribution is 8.13. The van der Waals surface area contributed by atoms with Crippen LogP contribution in [0, 0.1) is 0 Å². The van der Waals surface area contributed by atoms with Crippen LogP contribution in [0.3, 0.4) is 0 Å². The monoisotopic (exact) mass is 206 g/mol. The van der Waals surface area contributed by atoms with Gasteiger partial charge >= 0.3 is 0 Å². The topological polar surface area (TPSA) is 55.4 Å². The molecular formula is C6H10N2O2S2. The van der Waals surface area contributed by atoms with E-state index in [4.69, 9.17) is 0 Å². The third-order valence-electron chi connectivity index (χ3n) is 1.89. The predicted molar refractivity (Wildman–Crippen MR) is 48.7 cm³/mol. The molecule has 2 rings (SSSR count). The fourth-order valence-corrected chi connectivity index (χ4v) is 3.94. The molecule has 2 aliphatic rings. The zero-order valence-electron chi connectivity index (χ0n) is 6.49. The van der Waals surface area contributed by atoms with Gasteiger partial charge in [0.05, 0.1) is 13.0 Å². The van der Waals surface area contributed by atoms with Crippen LogP contribution in [0.5, 0.6) is 0 Å². The van der Waals surface area contributed by atoms with E-state index in [1.807, 2.05) is 0 Å². The number of nitrogens with zero attached hydrogens (tertiary/aromatic N) is 1. The second-order valence-electron chi connectivity index (χ2n) is 2.68. The minimum Gasteiger partial charge on any atom is -0.591 e. The molecule has 1 N–H and O–H groups in total. The standard InChI is InChI=1S/C6H10N2O2S2/c9-5-1-3-8(5)12(10)6-7-2-4-11-6/h6-7H,1-4H2. The molecule has 68 valence electrons. The summed E-state index contributed by atoms with van der Waals surface area (Å²) in [5.74, 6) is 1.00. The molecule has 2 fully saturated rings. The fraction of sp³-hybridized carbons (Fsp3) is 0.833. The highest BCUT2D eigenvalue weighted by atomic mass is 32.3. The maximum absolute atomic E-state index is 11.6. The van der Waals surface area contributed by atoms with Gasteiger partial charge < -0.3 is 4.55 Å². The molecule has 0 aromatic rings. The summed E-state index contributed by atoms with van der Waals surface area (Å²) in [5, 5.41) is 3.09. The molecule has 0 bridgehead atoms. The molecule has 4 nitrogen and oxygen atoms in total. The summed E-state index contributed by atoms with van der Waals surface area (Å²) in [7, 11) is 0. The summed E-state index contributed by atoms with van der Waals surface area (Å²) in [6.45, 7) is 1.55. The maximum Gasteiger partial charge on any atom is 0.265 e. The van der Waals surface area contributed by atoms with Crippen LogP contribution >= 0.6 is 11.8 Å². The molecule has 2 atom stereocenters. The Kier molecular flexibility index (Phi) is 2.49. The van der Waals surface area contributed by atoms with Crippen LogP contribution < -0.4 is 5.32 Å². The first kappa shape index (κ1) is 8.68. The Morgan fingerprint density at radius 2 is 2.58 bits per heavy atom. The van der Waals surface area contributed by atoms with Gasteiger partial charge in [-0.1, -0.05) is 11.8 Å². The highest BCUT2D eigenvalue weighted by Gasteiger charge is 2.40. The largest absolute Gasteiger partial charge is 0.591 e. The zero-order chi connectivity index (χ0) is 8.55. The Labute approximate surface area is 78.4 Å². The van der Waals surface area contributed by atoms with Crippen molar-refractivity contribution in [2.24, 2.45) is 0 Å². The van der Waals surface area contributed by atoms with E-state index in [-0.39, 0.29) is 10.6 Å². The number of amides is 1. The van der Waals surface area contributed by atoms with Gasteiger partial charge in [0.1, 0.15) is 11.4 Å². The molecule has 0 aromatic heterocycles. The number of rotatable bonds is 2. The van der Waals surface area contributed by atoms with Gasteiger partial charge in [-0.3, -0.25) is 10.1 Å². The first-order chi connectivity index (χ1) is 5.79. The van der Waals surface area contributed by atoms with Gasteiger partial charge in [-0.25, -0.2) is 0 Å². The number of carbonyl (C=O) groups excluding carboxylic acids is 1. The molecule has 0 saturated carbocycles. The van der Waals surface area contributed by atoms with E-state index in [1.165, 1.54) is 4.31 Å². The molecule has 2 unspecified atom stereocenters. The summed E-state index contributed by atoms with van der Waals surface area (Å²) < 4.78 is 13.0. The molecule has 0 radical (unpaired) electrons. The first-order valence-electron chi connectivity index (χ1n) is 3.85. The maximum atomic E-state index is 11.6. The number of hydrogen-bond donors (Lipinski definition) is 1. The average molecular weight is 206 g/mol. The second-order valence-corrected chi connectivity index (χ2v) is 5.65. The molecule has 0 aliphatic carbocycles. The first-order valence-corrected chi connectivity index (χ1v) is 6.07. The molecule has 0 spiro atoms. The van der Waals surface area contributed by atoms with Gasteiger partial charge in [-0.05, 0) is 0 Å². The van der Waals surface area contributed by atoms with E-state index >= 15 is 0 Å². The molecule has 2 aliphatic heterocycles. The van der Waals surface area contributed by atoms with Gasteiger partial charge in [-0.2, -0.15) is 4.31 Å². The summed E-state index contributed by atoms with van der Waals surface area (Å²) in [5.41, 5.74) is 0. The van der Waals surface area contributed by atoms with Gasteiger partial charge in [0.2, 0.25) is 4.71 Å². The minimum atomic E-state index is -1.15. The highest BCUT2D eigenvalue weighted by Crippen LogP contribution is 2.26. The minimum absolute atomic E-state index is 0.0163. The van der Waals surface area contributed by atoms with Crippen molar-refractivity contribution in [2.45, 2.75) is 11.1 Å². The van der Waals surface area contributed by atoms with E-state index in [2.05, 4.69) is 5.32 Å². The smallest absolute Gasteiger partial charge is 0.265 e. The molecule has 0 aromatic carbocycles. The Bertz CT molecular complexity index is 196. The van der Waals surface area contributed by atoms with Crippen LogP contribution in [-0.4, -0.2) is 38.3 Å². The Hall–Kier alpha value is 0.0900. The lowest BCUT2D eigenvalue weighted by atomic mass is 10.3. The Morgan fingerprint density at radius 3 is 3.00 bits per heavy atom. The molecule has 2 saturated heterocycles. The summed E-state index contributed by atoms with van der Waals surface area (Å²) in [6.07, 6.45) is 0.559. The van der Waals surface area contributed by atoms with Gasteiger partial charge in [0.15, 0.2) is 0 Å². The summed E-state index contributed by atoms with van der Waals surface area (Å²) >= 11 is 0.477. The molecule has 12 heavy (non-hydrogen) atoms. The average Bonchev–Trinajstić information content (AvgIpc) is 2.53.